The molecule has 5 nitrogen and oxygen atoms in total. The van der Waals surface area contributed by atoms with Gasteiger partial charge in [0.15, 0.2) is 0 Å². The largest absolute Gasteiger partial charge is 0.573 e. The Morgan fingerprint density at radius 2 is 1.67 bits per heavy atom. The minimum absolute atomic E-state index is 0.0761. The number of ether oxygens (including phenoxy) is 1. The Balaban J connectivity index is 1.83. The van der Waals surface area contributed by atoms with Gasteiger partial charge in [0.1, 0.15) is 5.75 Å². The summed E-state index contributed by atoms with van der Waals surface area (Å²) in [6.07, 6.45) is -3.15. The van der Waals surface area contributed by atoms with E-state index >= 15 is 0 Å². The third-order valence-corrected chi connectivity index (χ3v) is 4.26. The van der Waals surface area contributed by atoms with E-state index in [9.17, 15) is 22.8 Å². The average molecular weight is 386 g/mol. The first-order chi connectivity index (χ1) is 12.4. The minimum Gasteiger partial charge on any atom is -0.406 e. The molecular weight excluding hydrogens is 361 g/mol. The summed E-state index contributed by atoms with van der Waals surface area (Å²) < 4.78 is 40.3. The summed E-state index contributed by atoms with van der Waals surface area (Å²) in [4.78, 5) is 26.4. The number of nitrogens with zero attached hydrogens (tertiary/aromatic N) is 1. The number of carbonyl (C=O) groups is 2. The lowest BCUT2D eigenvalue weighted by Crippen LogP contribution is -2.42. The Morgan fingerprint density at radius 1 is 1.11 bits per heavy atom. The smallest absolute Gasteiger partial charge is 0.406 e. The molecule has 1 heterocycles. The van der Waals surface area contributed by atoms with Gasteiger partial charge in [0.2, 0.25) is 11.8 Å². The Bertz CT molecular complexity index is 658. The molecule has 0 atom stereocenters. The molecule has 0 bridgehead atoms. The summed E-state index contributed by atoms with van der Waals surface area (Å²) in [6, 6.07) is 5.02. The average Bonchev–Trinajstić information content (AvgIpc) is 2.54. The molecule has 1 N–H and O–H groups in total. The highest BCUT2D eigenvalue weighted by atomic mass is 19.4. The fourth-order valence-electron chi connectivity index (χ4n) is 2.94. The molecule has 1 aromatic rings. The zero-order chi connectivity index (χ0) is 20.2. The van der Waals surface area contributed by atoms with Crippen LogP contribution in [0.5, 0.6) is 5.75 Å². The molecule has 2 rings (SSSR count). The standard InChI is InChI=1S/C19H25F3N2O3/c1-18(2,3)12-16(25)24-10-8-13(9-11-24)17(26)23-14-4-6-15(7-5-14)27-19(20,21)22/h4-7,13H,8-12H2,1-3H3,(H,23,26). The van der Waals surface area contributed by atoms with Gasteiger partial charge in [0, 0.05) is 31.1 Å². The quantitative estimate of drug-likeness (QED) is 0.844. The molecule has 1 fully saturated rings. The predicted molar refractivity (Wildman–Crippen MR) is 95.1 cm³/mol. The molecule has 150 valence electrons. The highest BCUT2D eigenvalue weighted by Gasteiger charge is 2.31. The van der Waals surface area contributed by atoms with Crippen LogP contribution >= 0.6 is 0 Å². The van der Waals surface area contributed by atoms with Crippen LogP contribution in [0.15, 0.2) is 24.3 Å². The maximum atomic E-state index is 12.4. The highest BCUT2D eigenvalue weighted by Crippen LogP contribution is 2.26. The predicted octanol–water partition coefficient (Wildman–Crippen LogP) is 4.20. The van der Waals surface area contributed by atoms with Gasteiger partial charge in [-0.2, -0.15) is 0 Å². The van der Waals surface area contributed by atoms with E-state index in [-0.39, 0.29) is 28.9 Å². The number of likely N-dealkylation sites (tertiary alicyclic amines) is 1. The SMILES string of the molecule is CC(C)(C)CC(=O)N1CCC(C(=O)Nc2ccc(OC(F)(F)F)cc2)CC1. The second-order valence-electron chi connectivity index (χ2n) is 7.95. The fraction of sp³-hybridized carbons (Fsp3) is 0.579. The van der Waals surface area contributed by atoms with Gasteiger partial charge in [-0.05, 0) is 42.5 Å². The summed E-state index contributed by atoms with van der Waals surface area (Å²) in [6.45, 7) is 7.10. The normalized spacial score (nSPS) is 16.1. The molecule has 1 aliphatic heterocycles. The van der Waals surface area contributed by atoms with Crippen LogP contribution in [0.1, 0.15) is 40.0 Å². The van der Waals surface area contributed by atoms with E-state index in [0.717, 1.165) is 12.1 Å². The van der Waals surface area contributed by atoms with Crippen molar-refractivity contribution < 1.29 is 27.5 Å². The van der Waals surface area contributed by atoms with Crippen LogP contribution in [0.4, 0.5) is 18.9 Å². The number of benzene rings is 1. The van der Waals surface area contributed by atoms with Crippen molar-refractivity contribution in [2.75, 3.05) is 18.4 Å². The van der Waals surface area contributed by atoms with Gasteiger partial charge in [-0.1, -0.05) is 20.8 Å². The van der Waals surface area contributed by atoms with Crippen molar-refractivity contribution in [1.29, 1.82) is 0 Å². The fourth-order valence-corrected chi connectivity index (χ4v) is 2.94. The first-order valence-electron chi connectivity index (χ1n) is 8.87. The Morgan fingerprint density at radius 3 is 2.15 bits per heavy atom. The molecule has 2 amide bonds. The van der Waals surface area contributed by atoms with Gasteiger partial charge in [0.25, 0.3) is 0 Å². The molecule has 0 spiro atoms. The van der Waals surface area contributed by atoms with E-state index in [2.05, 4.69) is 10.1 Å². The van der Waals surface area contributed by atoms with Crippen molar-refractivity contribution >= 4 is 17.5 Å². The first-order valence-corrected chi connectivity index (χ1v) is 8.87. The van der Waals surface area contributed by atoms with Crippen LogP contribution in [-0.2, 0) is 9.59 Å². The Hall–Kier alpha value is -2.25. The summed E-state index contributed by atoms with van der Waals surface area (Å²) in [5, 5.41) is 2.70. The van der Waals surface area contributed by atoms with Gasteiger partial charge in [-0.25, -0.2) is 0 Å². The minimum atomic E-state index is -4.75. The number of hydrogen-bond donors (Lipinski definition) is 1. The third kappa shape index (κ3) is 7.11. The van der Waals surface area contributed by atoms with Gasteiger partial charge in [-0.15, -0.1) is 13.2 Å². The number of alkyl halides is 3. The third-order valence-electron chi connectivity index (χ3n) is 4.26. The van der Waals surface area contributed by atoms with E-state index in [4.69, 9.17) is 0 Å². The van der Waals surface area contributed by atoms with E-state index in [1.165, 1.54) is 12.1 Å². The van der Waals surface area contributed by atoms with Gasteiger partial charge >= 0.3 is 6.36 Å². The molecule has 1 aromatic carbocycles. The number of halogens is 3. The number of nitrogens with one attached hydrogen (secondary N) is 1. The molecule has 1 saturated heterocycles. The van der Waals surface area contributed by atoms with Crippen LogP contribution in [0.3, 0.4) is 0 Å². The number of piperidine rings is 1. The summed E-state index contributed by atoms with van der Waals surface area (Å²) in [5.41, 5.74) is 0.327. The molecule has 8 heteroatoms. The van der Waals surface area contributed by atoms with Gasteiger partial charge < -0.3 is 15.0 Å². The lowest BCUT2D eigenvalue weighted by atomic mass is 9.90. The molecule has 0 aromatic heterocycles. The highest BCUT2D eigenvalue weighted by molar-refractivity contribution is 5.92. The van der Waals surface area contributed by atoms with Crippen molar-refractivity contribution in [2.24, 2.45) is 11.3 Å². The van der Waals surface area contributed by atoms with Crippen LogP contribution in [-0.4, -0.2) is 36.2 Å². The second-order valence-corrected chi connectivity index (χ2v) is 7.95. The summed E-state index contributed by atoms with van der Waals surface area (Å²) >= 11 is 0. The number of rotatable bonds is 4. The van der Waals surface area contributed by atoms with Gasteiger partial charge in [-0.3, -0.25) is 9.59 Å². The zero-order valence-electron chi connectivity index (χ0n) is 15.7. The van der Waals surface area contributed by atoms with Crippen LogP contribution in [0, 0.1) is 11.3 Å². The number of hydrogen-bond acceptors (Lipinski definition) is 3. The molecule has 0 radical (unpaired) electrons. The lowest BCUT2D eigenvalue weighted by molar-refractivity contribution is -0.274. The summed E-state index contributed by atoms with van der Waals surface area (Å²) in [5.74, 6) is -0.662. The van der Waals surface area contributed by atoms with E-state index in [0.29, 0.717) is 38.0 Å². The summed E-state index contributed by atoms with van der Waals surface area (Å²) in [7, 11) is 0. The van der Waals surface area contributed by atoms with E-state index in [1.807, 2.05) is 20.8 Å². The van der Waals surface area contributed by atoms with Crippen molar-refractivity contribution in [3.05, 3.63) is 24.3 Å². The molecular formula is C19H25F3N2O3. The number of amides is 2. The topological polar surface area (TPSA) is 58.6 Å². The maximum absolute atomic E-state index is 12.4. The number of carbonyl (C=O) groups excluding carboxylic acids is 2. The molecule has 27 heavy (non-hydrogen) atoms. The number of anilines is 1. The van der Waals surface area contributed by atoms with E-state index < -0.39 is 6.36 Å². The zero-order valence-corrected chi connectivity index (χ0v) is 15.7. The van der Waals surface area contributed by atoms with Crippen molar-refractivity contribution in [2.45, 2.75) is 46.4 Å². The molecule has 1 aliphatic rings. The van der Waals surface area contributed by atoms with Crippen molar-refractivity contribution in [1.82, 2.24) is 4.90 Å². The Labute approximate surface area is 156 Å². The molecule has 0 saturated carbocycles. The van der Waals surface area contributed by atoms with E-state index in [1.54, 1.807) is 4.90 Å². The Kier molecular flexibility index (Phi) is 6.38. The second kappa shape index (κ2) is 8.19. The first kappa shape index (κ1) is 21.1. The lowest BCUT2D eigenvalue weighted by Gasteiger charge is -2.33. The maximum Gasteiger partial charge on any atom is 0.573 e. The van der Waals surface area contributed by atoms with Gasteiger partial charge in [0.05, 0.1) is 0 Å². The molecule has 0 aliphatic carbocycles. The van der Waals surface area contributed by atoms with Crippen molar-refractivity contribution in [3.63, 3.8) is 0 Å². The van der Waals surface area contributed by atoms with Crippen molar-refractivity contribution in [3.8, 4) is 5.75 Å². The molecule has 0 unspecified atom stereocenters. The van der Waals surface area contributed by atoms with Crippen LogP contribution in [0.2, 0.25) is 0 Å². The van der Waals surface area contributed by atoms with Crippen LogP contribution < -0.4 is 10.1 Å². The van der Waals surface area contributed by atoms with Crippen LogP contribution in [0.25, 0.3) is 0 Å². The monoisotopic (exact) mass is 386 g/mol.